The number of carbonyl (C=O) groups excluding carboxylic acids is 1. The SMILES string of the molecule is CCc1coc(C(CC)Nc2c(Nc3cccc(C(=O)N(C)C)c3O)c(=O)c2=O)c1. The first kappa shape index (κ1) is 21.2. The van der Waals surface area contributed by atoms with Crippen molar-refractivity contribution in [1.29, 1.82) is 0 Å². The number of aromatic hydroxyl groups is 1. The lowest BCUT2D eigenvalue weighted by Gasteiger charge is -2.21. The molecule has 0 fully saturated rings. The minimum atomic E-state index is -0.690. The number of phenols is 1. The van der Waals surface area contributed by atoms with E-state index in [-0.39, 0.29) is 40.3 Å². The van der Waals surface area contributed by atoms with Crippen LogP contribution in [0.15, 0.2) is 44.5 Å². The van der Waals surface area contributed by atoms with E-state index in [1.54, 1.807) is 26.4 Å². The van der Waals surface area contributed by atoms with Crippen LogP contribution in [0.3, 0.4) is 0 Å². The third kappa shape index (κ3) is 3.80. The Bertz CT molecular complexity index is 1140. The minimum Gasteiger partial charge on any atom is -0.505 e. The fourth-order valence-electron chi connectivity index (χ4n) is 3.15. The zero-order chi connectivity index (χ0) is 22.0. The molecule has 1 amide bonds. The Morgan fingerprint density at radius 1 is 1.17 bits per heavy atom. The molecule has 8 heteroatoms. The van der Waals surface area contributed by atoms with Gasteiger partial charge in [0.05, 0.1) is 23.6 Å². The number of nitrogens with zero attached hydrogens (tertiary/aromatic N) is 1. The topological polar surface area (TPSA) is 112 Å². The molecule has 0 aliphatic rings. The molecule has 30 heavy (non-hydrogen) atoms. The third-order valence-corrected chi connectivity index (χ3v) is 5.00. The van der Waals surface area contributed by atoms with E-state index >= 15 is 0 Å². The van der Waals surface area contributed by atoms with Crippen molar-refractivity contribution in [3.63, 3.8) is 0 Å². The average molecular weight is 411 g/mol. The van der Waals surface area contributed by atoms with Crippen LogP contribution in [0.1, 0.15) is 48.0 Å². The Balaban J connectivity index is 1.89. The van der Waals surface area contributed by atoms with Gasteiger partial charge in [0.2, 0.25) is 0 Å². The molecule has 0 radical (unpaired) electrons. The minimum absolute atomic E-state index is 0.0467. The maximum absolute atomic E-state index is 12.2. The molecule has 1 unspecified atom stereocenters. The predicted octanol–water partition coefficient (Wildman–Crippen LogP) is 3.15. The van der Waals surface area contributed by atoms with Crippen molar-refractivity contribution >= 4 is 23.0 Å². The molecule has 1 atom stereocenters. The van der Waals surface area contributed by atoms with Gasteiger partial charge in [-0.3, -0.25) is 14.4 Å². The Morgan fingerprint density at radius 2 is 1.87 bits per heavy atom. The Morgan fingerprint density at radius 3 is 2.47 bits per heavy atom. The molecule has 8 nitrogen and oxygen atoms in total. The molecular formula is C22H25N3O5. The van der Waals surface area contributed by atoms with E-state index in [0.717, 1.165) is 12.0 Å². The first-order valence-corrected chi connectivity index (χ1v) is 9.76. The van der Waals surface area contributed by atoms with Gasteiger partial charge in [-0.2, -0.15) is 0 Å². The van der Waals surface area contributed by atoms with E-state index in [1.165, 1.54) is 17.0 Å². The first-order valence-electron chi connectivity index (χ1n) is 9.76. The van der Waals surface area contributed by atoms with Gasteiger partial charge in [-0.05, 0) is 36.6 Å². The monoisotopic (exact) mass is 411 g/mol. The van der Waals surface area contributed by atoms with Crippen molar-refractivity contribution in [3.8, 4) is 5.75 Å². The van der Waals surface area contributed by atoms with Gasteiger partial charge in [0, 0.05) is 14.1 Å². The van der Waals surface area contributed by atoms with Gasteiger partial charge in [0.1, 0.15) is 17.1 Å². The first-order chi connectivity index (χ1) is 14.3. The number of benzene rings is 1. The summed E-state index contributed by atoms with van der Waals surface area (Å²) in [6.45, 7) is 3.95. The normalized spacial score (nSPS) is 12.0. The number of anilines is 3. The summed E-state index contributed by atoms with van der Waals surface area (Å²) in [4.78, 5) is 37.9. The van der Waals surface area contributed by atoms with Gasteiger partial charge < -0.3 is 25.1 Å². The number of nitrogens with one attached hydrogen (secondary N) is 2. The second-order valence-electron chi connectivity index (χ2n) is 7.25. The predicted molar refractivity (Wildman–Crippen MR) is 116 cm³/mol. The molecule has 0 bridgehead atoms. The molecular weight excluding hydrogens is 386 g/mol. The fourth-order valence-corrected chi connectivity index (χ4v) is 3.15. The van der Waals surface area contributed by atoms with Crippen molar-refractivity contribution in [3.05, 3.63) is 67.9 Å². The van der Waals surface area contributed by atoms with Crippen LogP contribution in [0.25, 0.3) is 0 Å². The molecule has 0 aliphatic carbocycles. The lowest BCUT2D eigenvalue weighted by Crippen LogP contribution is -2.37. The second-order valence-corrected chi connectivity index (χ2v) is 7.25. The number of aryl methyl sites for hydroxylation is 1. The largest absolute Gasteiger partial charge is 0.505 e. The van der Waals surface area contributed by atoms with E-state index in [4.69, 9.17) is 4.42 Å². The van der Waals surface area contributed by atoms with E-state index < -0.39 is 10.9 Å². The molecule has 1 heterocycles. The number of furan rings is 1. The average Bonchev–Trinajstić information content (AvgIpc) is 3.22. The molecule has 0 saturated carbocycles. The van der Waals surface area contributed by atoms with E-state index in [9.17, 15) is 19.5 Å². The van der Waals surface area contributed by atoms with Gasteiger partial charge in [-0.1, -0.05) is 19.9 Å². The number of hydrogen-bond acceptors (Lipinski definition) is 7. The molecule has 158 valence electrons. The fraction of sp³-hybridized carbons (Fsp3) is 0.318. The number of para-hydroxylation sites is 1. The Hall–Kier alpha value is -3.55. The van der Waals surface area contributed by atoms with Crippen molar-refractivity contribution in [2.45, 2.75) is 32.7 Å². The van der Waals surface area contributed by atoms with Crippen LogP contribution in [-0.4, -0.2) is 30.0 Å². The highest BCUT2D eigenvalue weighted by atomic mass is 16.3. The van der Waals surface area contributed by atoms with Crippen LogP contribution in [0.2, 0.25) is 0 Å². The summed E-state index contributed by atoms with van der Waals surface area (Å²) in [6, 6.07) is 6.23. The number of carbonyl (C=O) groups is 1. The van der Waals surface area contributed by atoms with Crippen molar-refractivity contribution in [1.82, 2.24) is 4.90 Å². The molecule has 3 rings (SSSR count). The second kappa shape index (κ2) is 8.44. The van der Waals surface area contributed by atoms with Gasteiger partial charge >= 0.3 is 0 Å². The smallest absolute Gasteiger partial charge is 0.257 e. The van der Waals surface area contributed by atoms with Gasteiger partial charge in [0.15, 0.2) is 5.75 Å². The number of hydrogen-bond donors (Lipinski definition) is 3. The zero-order valence-electron chi connectivity index (χ0n) is 17.4. The van der Waals surface area contributed by atoms with Crippen LogP contribution in [-0.2, 0) is 6.42 Å². The van der Waals surface area contributed by atoms with E-state index in [2.05, 4.69) is 10.6 Å². The summed E-state index contributed by atoms with van der Waals surface area (Å²) in [7, 11) is 3.15. The summed E-state index contributed by atoms with van der Waals surface area (Å²) in [5.41, 5.74) is 0.143. The summed E-state index contributed by atoms with van der Waals surface area (Å²) in [6.07, 6.45) is 3.13. The number of rotatable bonds is 8. The van der Waals surface area contributed by atoms with Crippen molar-refractivity contribution in [2.75, 3.05) is 24.7 Å². The zero-order valence-corrected chi connectivity index (χ0v) is 17.4. The molecule has 1 aromatic heterocycles. The maximum Gasteiger partial charge on any atom is 0.257 e. The Kier molecular flexibility index (Phi) is 5.96. The number of phenolic OH excluding ortho intramolecular Hbond substituents is 1. The summed E-state index contributed by atoms with van der Waals surface area (Å²) < 4.78 is 5.59. The lowest BCUT2D eigenvalue weighted by molar-refractivity contribution is 0.0824. The van der Waals surface area contributed by atoms with Gasteiger partial charge in [-0.15, -0.1) is 0 Å². The molecule has 0 saturated heterocycles. The molecule has 0 spiro atoms. The van der Waals surface area contributed by atoms with E-state index in [1.807, 2.05) is 19.9 Å². The quantitative estimate of drug-likeness (QED) is 0.386. The van der Waals surface area contributed by atoms with Crippen LogP contribution in [0, 0.1) is 0 Å². The summed E-state index contributed by atoms with van der Waals surface area (Å²) >= 11 is 0. The maximum atomic E-state index is 12.2. The summed E-state index contributed by atoms with van der Waals surface area (Å²) in [5.74, 6) is 0.00530. The van der Waals surface area contributed by atoms with Crippen LogP contribution < -0.4 is 21.5 Å². The van der Waals surface area contributed by atoms with Crippen LogP contribution in [0.5, 0.6) is 5.75 Å². The Labute approximate surface area is 173 Å². The lowest BCUT2D eigenvalue weighted by atomic mass is 10.1. The molecule has 2 aromatic carbocycles. The summed E-state index contributed by atoms with van der Waals surface area (Å²) in [5, 5.41) is 16.4. The van der Waals surface area contributed by atoms with Crippen LogP contribution >= 0.6 is 0 Å². The van der Waals surface area contributed by atoms with E-state index in [0.29, 0.717) is 12.2 Å². The van der Waals surface area contributed by atoms with Gasteiger partial charge in [0.25, 0.3) is 16.8 Å². The van der Waals surface area contributed by atoms with Crippen molar-refractivity contribution < 1.29 is 14.3 Å². The molecule has 0 aliphatic heterocycles. The van der Waals surface area contributed by atoms with Gasteiger partial charge in [-0.25, -0.2) is 0 Å². The number of amides is 1. The third-order valence-electron chi connectivity index (χ3n) is 5.00. The highest BCUT2D eigenvalue weighted by molar-refractivity contribution is 5.99. The van der Waals surface area contributed by atoms with Crippen LogP contribution in [0.4, 0.5) is 17.1 Å². The molecule has 3 N–H and O–H groups in total. The highest BCUT2D eigenvalue weighted by Crippen LogP contribution is 2.33. The van der Waals surface area contributed by atoms with Crippen molar-refractivity contribution in [2.24, 2.45) is 0 Å². The molecule has 3 aromatic rings. The highest BCUT2D eigenvalue weighted by Gasteiger charge is 2.26. The standard InChI is InChI=1S/C22H25N3O5/c1-5-12-10-16(30-11-12)14(6-2)23-17-18(21(28)20(17)27)24-15-9-7-8-13(19(15)26)22(29)25(3)4/h7-11,14,23-24,26H,5-6H2,1-4H3.